The second kappa shape index (κ2) is 6.32. The fraction of sp³-hybridized carbons (Fsp3) is 0.619. The molecule has 0 bridgehead atoms. The molecule has 0 radical (unpaired) electrons. The Hall–Kier alpha value is -1.28. The summed E-state index contributed by atoms with van der Waals surface area (Å²) in [5.74, 6) is 1.78. The van der Waals surface area contributed by atoms with E-state index in [0.717, 1.165) is 25.0 Å². The van der Waals surface area contributed by atoms with Gasteiger partial charge in [0.25, 0.3) is 0 Å². The Morgan fingerprint density at radius 3 is 2.61 bits per heavy atom. The first-order chi connectivity index (χ1) is 10.9. The summed E-state index contributed by atoms with van der Waals surface area (Å²) in [4.78, 5) is 0. The van der Waals surface area contributed by atoms with Gasteiger partial charge in [-0.1, -0.05) is 56.7 Å². The maximum Gasteiger partial charge on any atom is 0.0293 e. The number of allylic oxidation sites excluding steroid dienone is 6. The highest BCUT2D eigenvalue weighted by atomic mass is 14.7. The van der Waals surface area contributed by atoms with E-state index < -0.39 is 0 Å². The van der Waals surface area contributed by atoms with E-state index in [4.69, 9.17) is 11.5 Å². The van der Waals surface area contributed by atoms with Crippen LogP contribution in [-0.4, -0.2) is 6.04 Å². The highest BCUT2D eigenvalue weighted by molar-refractivity contribution is 5.42. The van der Waals surface area contributed by atoms with E-state index in [9.17, 15) is 0 Å². The van der Waals surface area contributed by atoms with E-state index in [-0.39, 0.29) is 11.5 Å². The Labute approximate surface area is 141 Å². The van der Waals surface area contributed by atoms with Crippen LogP contribution in [0.3, 0.4) is 0 Å². The lowest BCUT2D eigenvalue weighted by Gasteiger charge is -2.39. The highest BCUT2D eigenvalue weighted by Crippen LogP contribution is 2.45. The molecule has 23 heavy (non-hydrogen) atoms. The van der Waals surface area contributed by atoms with Crippen LogP contribution in [0.5, 0.6) is 0 Å². The Balaban J connectivity index is 1.93. The third-order valence-corrected chi connectivity index (χ3v) is 6.21. The standard InChI is InChI=1S/C21H32N2/c1-14-9-11-21(3,12-10-14)17-13-16(7-8-18(17)22)20-15(2)5-4-6-19(20)23/h4,6,9,11,13-15,19-20H,5,7-8,10,12,22-23H2,1-3H3. The average molecular weight is 313 g/mol. The molecule has 0 aromatic heterocycles. The van der Waals surface area contributed by atoms with Crippen LogP contribution in [0, 0.1) is 23.2 Å². The van der Waals surface area contributed by atoms with Crippen LogP contribution in [0.2, 0.25) is 0 Å². The van der Waals surface area contributed by atoms with Crippen molar-refractivity contribution in [1.82, 2.24) is 0 Å². The SMILES string of the molecule is CC1C=CC(C)(C2=C(N)CCC(C3C(N)C=CCC3C)=C2)CC1. The quantitative estimate of drug-likeness (QED) is 0.740. The predicted octanol–water partition coefficient (Wildman–Crippen LogP) is 4.45. The molecule has 2 nitrogen and oxygen atoms in total. The summed E-state index contributed by atoms with van der Waals surface area (Å²) in [5, 5.41) is 0. The summed E-state index contributed by atoms with van der Waals surface area (Å²) >= 11 is 0. The van der Waals surface area contributed by atoms with Gasteiger partial charge in [0.05, 0.1) is 0 Å². The average Bonchev–Trinajstić information content (AvgIpc) is 2.52. The third kappa shape index (κ3) is 3.19. The summed E-state index contributed by atoms with van der Waals surface area (Å²) in [5.41, 5.74) is 16.9. The fourth-order valence-corrected chi connectivity index (χ4v) is 4.58. The maximum atomic E-state index is 6.45. The van der Waals surface area contributed by atoms with Gasteiger partial charge in [-0.15, -0.1) is 0 Å². The lowest BCUT2D eigenvalue weighted by molar-refractivity contribution is 0.349. The summed E-state index contributed by atoms with van der Waals surface area (Å²) in [6.07, 6.45) is 17.2. The van der Waals surface area contributed by atoms with Gasteiger partial charge in [-0.05, 0) is 49.5 Å². The van der Waals surface area contributed by atoms with Crippen LogP contribution < -0.4 is 11.5 Å². The van der Waals surface area contributed by atoms with Gasteiger partial charge in [0.15, 0.2) is 0 Å². The molecule has 0 spiro atoms. The van der Waals surface area contributed by atoms with E-state index >= 15 is 0 Å². The topological polar surface area (TPSA) is 52.0 Å². The minimum Gasteiger partial charge on any atom is -0.402 e. The van der Waals surface area contributed by atoms with Crippen molar-refractivity contribution in [3.05, 3.63) is 47.2 Å². The van der Waals surface area contributed by atoms with E-state index in [2.05, 4.69) is 51.2 Å². The van der Waals surface area contributed by atoms with E-state index in [1.54, 1.807) is 0 Å². The van der Waals surface area contributed by atoms with Crippen LogP contribution >= 0.6 is 0 Å². The van der Waals surface area contributed by atoms with Crippen molar-refractivity contribution >= 4 is 0 Å². The van der Waals surface area contributed by atoms with Gasteiger partial charge >= 0.3 is 0 Å². The third-order valence-electron chi connectivity index (χ3n) is 6.21. The molecular weight excluding hydrogens is 280 g/mol. The van der Waals surface area contributed by atoms with Crippen molar-refractivity contribution in [1.29, 1.82) is 0 Å². The van der Waals surface area contributed by atoms with E-state index in [1.807, 2.05) is 0 Å². The molecule has 3 aliphatic rings. The second-order valence-electron chi connectivity index (χ2n) is 8.19. The smallest absolute Gasteiger partial charge is 0.0293 e. The molecule has 0 saturated carbocycles. The Morgan fingerprint density at radius 2 is 1.96 bits per heavy atom. The van der Waals surface area contributed by atoms with Gasteiger partial charge in [0, 0.05) is 23.1 Å². The lowest BCUT2D eigenvalue weighted by Crippen LogP contribution is -2.37. The predicted molar refractivity (Wildman–Crippen MR) is 98.6 cm³/mol. The van der Waals surface area contributed by atoms with Gasteiger partial charge in [-0.2, -0.15) is 0 Å². The summed E-state index contributed by atoms with van der Waals surface area (Å²) in [7, 11) is 0. The van der Waals surface area contributed by atoms with Gasteiger partial charge in [0.1, 0.15) is 0 Å². The highest BCUT2D eigenvalue weighted by Gasteiger charge is 2.35. The molecule has 0 saturated heterocycles. The Morgan fingerprint density at radius 1 is 1.17 bits per heavy atom. The molecule has 3 rings (SSSR count). The van der Waals surface area contributed by atoms with Crippen molar-refractivity contribution in [3.8, 4) is 0 Å². The molecule has 0 amide bonds. The number of nitrogens with two attached hydrogens (primary N) is 2. The van der Waals surface area contributed by atoms with Crippen LogP contribution in [0.1, 0.15) is 52.9 Å². The van der Waals surface area contributed by atoms with Crippen LogP contribution in [0.15, 0.2) is 47.2 Å². The van der Waals surface area contributed by atoms with E-state index in [1.165, 1.54) is 24.0 Å². The van der Waals surface area contributed by atoms with Crippen molar-refractivity contribution in [3.63, 3.8) is 0 Å². The zero-order chi connectivity index (χ0) is 16.6. The Bertz CT molecular complexity index is 581. The number of rotatable bonds is 2. The number of hydrogen-bond donors (Lipinski definition) is 2. The summed E-state index contributed by atoms with van der Waals surface area (Å²) in [6.45, 7) is 6.98. The largest absolute Gasteiger partial charge is 0.402 e. The fourth-order valence-electron chi connectivity index (χ4n) is 4.58. The van der Waals surface area contributed by atoms with Crippen molar-refractivity contribution in [2.75, 3.05) is 0 Å². The van der Waals surface area contributed by atoms with Gasteiger partial charge in [-0.25, -0.2) is 0 Å². The van der Waals surface area contributed by atoms with Crippen LogP contribution in [0.4, 0.5) is 0 Å². The molecule has 3 aliphatic carbocycles. The first-order valence-electron chi connectivity index (χ1n) is 9.22. The normalized spacial score (nSPS) is 41.1. The van der Waals surface area contributed by atoms with Gasteiger partial charge in [-0.3, -0.25) is 0 Å². The lowest BCUT2D eigenvalue weighted by atomic mass is 9.67. The molecule has 5 atom stereocenters. The summed E-state index contributed by atoms with van der Waals surface area (Å²) in [6, 6.07) is 0.153. The maximum absolute atomic E-state index is 6.45. The molecule has 5 unspecified atom stereocenters. The molecule has 0 fully saturated rings. The molecule has 4 N–H and O–H groups in total. The molecule has 2 heteroatoms. The zero-order valence-electron chi connectivity index (χ0n) is 14.9. The zero-order valence-corrected chi connectivity index (χ0v) is 14.9. The second-order valence-corrected chi connectivity index (χ2v) is 8.19. The first-order valence-corrected chi connectivity index (χ1v) is 9.22. The van der Waals surface area contributed by atoms with Gasteiger partial charge < -0.3 is 11.5 Å². The monoisotopic (exact) mass is 312 g/mol. The Kier molecular flexibility index (Phi) is 4.55. The van der Waals surface area contributed by atoms with Crippen molar-refractivity contribution in [2.24, 2.45) is 34.6 Å². The van der Waals surface area contributed by atoms with Crippen molar-refractivity contribution in [2.45, 2.75) is 58.9 Å². The minimum atomic E-state index is 0.0973. The molecule has 0 aromatic rings. The molecule has 0 aromatic carbocycles. The summed E-state index contributed by atoms with van der Waals surface area (Å²) < 4.78 is 0. The number of hydrogen-bond acceptors (Lipinski definition) is 2. The molecule has 126 valence electrons. The first kappa shape index (κ1) is 16.6. The van der Waals surface area contributed by atoms with Gasteiger partial charge in [0.2, 0.25) is 0 Å². The van der Waals surface area contributed by atoms with Crippen LogP contribution in [0.25, 0.3) is 0 Å². The van der Waals surface area contributed by atoms with Crippen LogP contribution in [-0.2, 0) is 0 Å². The molecule has 0 aliphatic heterocycles. The molecule has 0 heterocycles. The van der Waals surface area contributed by atoms with E-state index in [0.29, 0.717) is 17.8 Å². The van der Waals surface area contributed by atoms with Crippen molar-refractivity contribution < 1.29 is 0 Å². The minimum absolute atomic E-state index is 0.0973. The molecular formula is C21H32N2.